The number of carbonyl (C=O) groups is 1. The average molecular weight is 360 g/mol. The third kappa shape index (κ3) is 3.20. The topological polar surface area (TPSA) is 44.1 Å². The normalized spacial score (nSPS) is 11.4. The van der Waals surface area contributed by atoms with Gasteiger partial charge in [-0.15, -0.1) is 0 Å². The van der Waals surface area contributed by atoms with Crippen LogP contribution in [0, 0.1) is 6.92 Å². The minimum atomic E-state index is -4.49. The molecule has 0 saturated carbocycles. The van der Waals surface area contributed by atoms with Gasteiger partial charge in [-0.25, -0.2) is 9.48 Å². The summed E-state index contributed by atoms with van der Waals surface area (Å²) < 4.78 is 45.5. The van der Waals surface area contributed by atoms with Crippen molar-refractivity contribution in [3.63, 3.8) is 0 Å². The molecule has 134 valence electrons. The lowest BCUT2D eigenvalue weighted by atomic mass is 10.0. The monoisotopic (exact) mass is 360 g/mol. The standard InChI is InChI=1S/C19H15F3N2O2/c1-12-16(18(25)26-2)17(23-24(12)15-9-4-3-5-10-15)13-7-6-8-14(11-13)19(20,21)22/h3-11H,1-2H3. The van der Waals surface area contributed by atoms with E-state index in [-0.39, 0.29) is 16.8 Å². The van der Waals surface area contributed by atoms with Gasteiger partial charge in [0.15, 0.2) is 0 Å². The zero-order chi connectivity index (χ0) is 18.9. The second-order valence-electron chi connectivity index (χ2n) is 5.63. The van der Waals surface area contributed by atoms with Gasteiger partial charge < -0.3 is 4.74 Å². The number of hydrogen-bond donors (Lipinski definition) is 0. The highest BCUT2D eigenvalue weighted by Gasteiger charge is 2.31. The van der Waals surface area contributed by atoms with Crippen molar-refractivity contribution < 1.29 is 22.7 Å². The van der Waals surface area contributed by atoms with E-state index in [1.807, 2.05) is 6.07 Å². The van der Waals surface area contributed by atoms with Gasteiger partial charge in [0.05, 0.1) is 24.1 Å². The minimum absolute atomic E-state index is 0.135. The Morgan fingerprint density at radius 1 is 1.08 bits per heavy atom. The molecule has 1 aromatic heterocycles. The quantitative estimate of drug-likeness (QED) is 0.639. The smallest absolute Gasteiger partial charge is 0.416 e. The first kappa shape index (κ1) is 17.7. The summed E-state index contributed by atoms with van der Waals surface area (Å²) in [5.41, 5.74) is 0.833. The Hall–Kier alpha value is -3.09. The van der Waals surface area contributed by atoms with Gasteiger partial charge in [0.25, 0.3) is 0 Å². The van der Waals surface area contributed by atoms with Crippen LogP contribution in [-0.4, -0.2) is 22.9 Å². The van der Waals surface area contributed by atoms with Gasteiger partial charge in [0.2, 0.25) is 0 Å². The van der Waals surface area contributed by atoms with Gasteiger partial charge in [-0.2, -0.15) is 18.3 Å². The largest absolute Gasteiger partial charge is 0.465 e. The van der Waals surface area contributed by atoms with E-state index in [4.69, 9.17) is 4.74 Å². The molecule has 3 aromatic rings. The summed E-state index contributed by atoms with van der Waals surface area (Å²) in [6.07, 6.45) is -4.49. The van der Waals surface area contributed by atoms with Gasteiger partial charge in [-0.05, 0) is 31.2 Å². The van der Waals surface area contributed by atoms with E-state index in [1.54, 1.807) is 31.2 Å². The molecule has 0 aliphatic rings. The van der Waals surface area contributed by atoms with E-state index < -0.39 is 17.7 Å². The highest BCUT2D eigenvalue weighted by molar-refractivity contribution is 5.97. The fourth-order valence-corrected chi connectivity index (χ4v) is 2.71. The molecule has 1 heterocycles. The molecule has 0 saturated heterocycles. The van der Waals surface area contributed by atoms with Crippen LogP contribution in [0.15, 0.2) is 54.6 Å². The molecular weight excluding hydrogens is 345 g/mol. The summed E-state index contributed by atoms with van der Waals surface area (Å²) in [6, 6.07) is 13.7. The molecule has 0 radical (unpaired) electrons. The van der Waals surface area contributed by atoms with Crippen molar-refractivity contribution in [2.75, 3.05) is 7.11 Å². The second kappa shape index (κ2) is 6.67. The van der Waals surface area contributed by atoms with Crippen LogP contribution >= 0.6 is 0 Å². The summed E-state index contributed by atoms with van der Waals surface area (Å²) in [5.74, 6) is -0.655. The van der Waals surface area contributed by atoms with Gasteiger partial charge in [0, 0.05) is 5.56 Å². The number of nitrogens with zero attached hydrogens (tertiary/aromatic N) is 2. The zero-order valence-corrected chi connectivity index (χ0v) is 14.0. The summed E-state index contributed by atoms with van der Waals surface area (Å²) in [6.45, 7) is 1.67. The maximum Gasteiger partial charge on any atom is 0.416 e. The van der Waals surface area contributed by atoms with E-state index in [9.17, 15) is 18.0 Å². The Kier molecular flexibility index (Phi) is 4.54. The summed E-state index contributed by atoms with van der Waals surface area (Å²) >= 11 is 0. The number of aromatic nitrogens is 2. The Labute approximate surface area is 147 Å². The van der Waals surface area contributed by atoms with Gasteiger partial charge >= 0.3 is 12.1 Å². The van der Waals surface area contributed by atoms with Crippen molar-refractivity contribution in [1.29, 1.82) is 0 Å². The number of methoxy groups -OCH3 is 1. The number of rotatable bonds is 3. The highest BCUT2D eigenvalue weighted by atomic mass is 19.4. The van der Waals surface area contributed by atoms with E-state index >= 15 is 0 Å². The third-order valence-electron chi connectivity index (χ3n) is 3.97. The first-order valence-corrected chi connectivity index (χ1v) is 7.74. The lowest BCUT2D eigenvalue weighted by Gasteiger charge is -2.08. The Bertz CT molecular complexity index is 947. The molecule has 0 spiro atoms. The van der Waals surface area contributed by atoms with Crippen molar-refractivity contribution in [2.24, 2.45) is 0 Å². The Morgan fingerprint density at radius 2 is 1.77 bits per heavy atom. The molecule has 7 heteroatoms. The molecule has 2 aromatic carbocycles. The van der Waals surface area contributed by atoms with Crippen molar-refractivity contribution in [1.82, 2.24) is 9.78 Å². The van der Waals surface area contributed by atoms with Crippen LogP contribution in [-0.2, 0) is 10.9 Å². The molecule has 26 heavy (non-hydrogen) atoms. The highest BCUT2D eigenvalue weighted by Crippen LogP contribution is 2.34. The maximum absolute atomic E-state index is 13.0. The SMILES string of the molecule is COC(=O)c1c(-c2cccc(C(F)(F)F)c2)nn(-c2ccccc2)c1C. The number of esters is 1. The minimum Gasteiger partial charge on any atom is -0.465 e. The molecule has 0 aliphatic carbocycles. The van der Waals surface area contributed by atoms with Gasteiger partial charge in [-0.1, -0.05) is 30.3 Å². The molecule has 0 unspecified atom stereocenters. The van der Waals surface area contributed by atoms with Gasteiger partial charge in [0.1, 0.15) is 11.3 Å². The molecule has 4 nitrogen and oxygen atoms in total. The average Bonchev–Trinajstić information content (AvgIpc) is 2.98. The molecule has 0 atom stereocenters. The van der Waals surface area contributed by atoms with E-state index in [2.05, 4.69) is 5.10 Å². The molecule has 0 fully saturated rings. The van der Waals surface area contributed by atoms with E-state index in [0.717, 1.165) is 12.1 Å². The number of alkyl halides is 3. The molecule has 0 bridgehead atoms. The lowest BCUT2D eigenvalue weighted by molar-refractivity contribution is -0.137. The predicted molar refractivity (Wildman–Crippen MR) is 90.1 cm³/mol. The molecule has 0 aliphatic heterocycles. The second-order valence-corrected chi connectivity index (χ2v) is 5.63. The van der Waals surface area contributed by atoms with Crippen LogP contribution in [0.3, 0.4) is 0 Å². The zero-order valence-electron chi connectivity index (χ0n) is 14.0. The summed E-state index contributed by atoms with van der Waals surface area (Å²) in [5, 5.41) is 4.39. The van der Waals surface area contributed by atoms with Crippen LogP contribution in [0.2, 0.25) is 0 Å². The van der Waals surface area contributed by atoms with Crippen LogP contribution in [0.25, 0.3) is 16.9 Å². The maximum atomic E-state index is 13.0. The van der Waals surface area contributed by atoms with Crippen molar-refractivity contribution in [3.05, 3.63) is 71.4 Å². The molecule has 0 amide bonds. The molecular formula is C19H15F3N2O2. The van der Waals surface area contributed by atoms with Crippen molar-refractivity contribution >= 4 is 5.97 Å². The van der Waals surface area contributed by atoms with E-state index in [1.165, 1.54) is 23.9 Å². The Balaban J connectivity index is 2.23. The summed E-state index contributed by atoms with van der Waals surface area (Å²) in [7, 11) is 1.22. The van der Waals surface area contributed by atoms with Crippen molar-refractivity contribution in [2.45, 2.75) is 13.1 Å². The number of hydrogen-bond acceptors (Lipinski definition) is 3. The molecule has 3 rings (SSSR count). The van der Waals surface area contributed by atoms with Crippen LogP contribution in [0.5, 0.6) is 0 Å². The first-order chi connectivity index (χ1) is 12.3. The van der Waals surface area contributed by atoms with Crippen LogP contribution in [0.1, 0.15) is 21.6 Å². The fraction of sp³-hybridized carbons (Fsp3) is 0.158. The number of ether oxygens (including phenoxy) is 1. The Morgan fingerprint density at radius 3 is 2.38 bits per heavy atom. The third-order valence-corrected chi connectivity index (χ3v) is 3.97. The molecule has 0 N–H and O–H groups in total. The van der Waals surface area contributed by atoms with Crippen LogP contribution in [0.4, 0.5) is 13.2 Å². The first-order valence-electron chi connectivity index (χ1n) is 7.74. The lowest BCUT2D eigenvalue weighted by Crippen LogP contribution is -2.06. The number of halogens is 3. The number of benzene rings is 2. The van der Waals surface area contributed by atoms with E-state index in [0.29, 0.717) is 11.4 Å². The van der Waals surface area contributed by atoms with Crippen molar-refractivity contribution in [3.8, 4) is 16.9 Å². The number of carbonyl (C=O) groups excluding carboxylic acids is 1. The predicted octanol–water partition coefficient (Wildman–Crippen LogP) is 4.65. The summed E-state index contributed by atoms with van der Waals surface area (Å²) in [4.78, 5) is 12.3. The van der Waals surface area contributed by atoms with Gasteiger partial charge in [-0.3, -0.25) is 0 Å². The fourth-order valence-electron chi connectivity index (χ4n) is 2.71. The van der Waals surface area contributed by atoms with Crippen LogP contribution < -0.4 is 0 Å². The number of para-hydroxylation sites is 1.